The van der Waals surface area contributed by atoms with E-state index >= 15 is 0 Å². The predicted molar refractivity (Wildman–Crippen MR) is 120 cm³/mol. The Bertz CT molecular complexity index is 1020. The zero-order chi connectivity index (χ0) is 22.9. The summed E-state index contributed by atoms with van der Waals surface area (Å²) in [5, 5.41) is 22.9. The summed E-state index contributed by atoms with van der Waals surface area (Å²) in [5.41, 5.74) is 3.12. The van der Waals surface area contributed by atoms with E-state index in [1.54, 1.807) is 0 Å². The molecule has 0 aliphatic carbocycles. The molecule has 3 aromatic rings. The number of hydrogen-bond donors (Lipinski definition) is 3. The lowest BCUT2D eigenvalue weighted by atomic mass is 9.94. The second-order valence-electron chi connectivity index (χ2n) is 7.37. The number of nitrogens with zero attached hydrogens (tertiary/aromatic N) is 2. The molecule has 0 aliphatic rings. The Labute approximate surface area is 190 Å². The van der Waals surface area contributed by atoms with Crippen LogP contribution in [0.5, 0.6) is 0 Å². The van der Waals surface area contributed by atoms with E-state index in [0.717, 1.165) is 16.7 Å². The van der Waals surface area contributed by atoms with Crippen LogP contribution in [0.4, 0.5) is 0 Å². The minimum Gasteiger partial charge on any atom is -0.481 e. The highest BCUT2D eigenvalue weighted by atomic mass is 35.5. The van der Waals surface area contributed by atoms with Crippen LogP contribution in [0.2, 0.25) is 5.02 Å². The minimum atomic E-state index is -0.963. The summed E-state index contributed by atoms with van der Waals surface area (Å²) in [7, 11) is 0. The third-order valence-electron chi connectivity index (χ3n) is 5.02. The van der Waals surface area contributed by atoms with Crippen molar-refractivity contribution in [2.45, 2.75) is 25.8 Å². The summed E-state index contributed by atoms with van der Waals surface area (Å²) in [5.74, 6) is -2.13. The van der Waals surface area contributed by atoms with Gasteiger partial charge >= 0.3 is 5.97 Å². The quantitative estimate of drug-likeness (QED) is 0.406. The van der Waals surface area contributed by atoms with Gasteiger partial charge in [0.05, 0.1) is 18.7 Å². The maximum atomic E-state index is 12.5. The number of amides is 1. The Kier molecular flexibility index (Phi) is 8.35. The van der Waals surface area contributed by atoms with E-state index in [1.165, 1.54) is 6.20 Å². The maximum absolute atomic E-state index is 12.5. The number of nitrogens with one attached hydrogen (secondary N) is 2. The fraction of sp³-hybridized carbons (Fsp3) is 0.304. The van der Waals surface area contributed by atoms with Crippen LogP contribution in [-0.4, -0.2) is 51.6 Å². The third-order valence-corrected chi connectivity index (χ3v) is 5.26. The van der Waals surface area contributed by atoms with Crippen molar-refractivity contribution in [1.82, 2.24) is 20.7 Å². The van der Waals surface area contributed by atoms with Gasteiger partial charge in [-0.3, -0.25) is 14.7 Å². The molecule has 8 nitrogen and oxygen atoms in total. The molecule has 3 rings (SSSR count). The van der Waals surface area contributed by atoms with E-state index in [9.17, 15) is 14.7 Å². The first kappa shape index (κ1) is 23.4. The number of rotatable bonds is 11. The first-order valence-electron chi connectivity index (χ1n) is 10.3. The molecule has 0 saturated carbocycles. The van der Waals surface area contributed by atoms with Gasteiger partial charge in [0.1, 0.15) is 0 Å². The van der Waals surface area contributed by atoms with Crippen molar-refractivity contribution in [3.63, 3.8) is 0 Å². The number of benzene rings is 2. The van der Waals surface area contributed by atoms with Crippen LogP contribution in [-0.2, 0) is 16.0 Å². The minimum absolute atomic E-state index is 0.0792. The maximum Gasteiger partial charge on any atom is 0.308 e. The number of hydrogen-bond acceptors (Lipinski definition) is 5. The Morgan fingerprint density at radius 3 is 2.59 bits per heavy atom. The molecule has 1 aromatic heterocycles. The molecule has 0 radical (unpaired) electrons. The van der Waals surface area contributed by atoms with Gasteiger partial charge in [-0.15, -0.1) is 5.10 Å². The first-order valence-corrected chi connectivity index (χ1v) is 10.7. The van der Waals surface area contributed by atoms with Gasteiger partial charge < -0.3 is 15.2 Å². The molecule has 9 heteroatoms. The fourth-order valence-corrected chi connectivity index (χ4v) is 3.59. The van der Waals surface area contributed by atoms with Gasteiger partial charge in [-0.05, 0) is 48.6 Å². The molecule has 3 N–H and O–H groups in total. The highest BCUT2D eigenvalue weighted by Crippen LogP contribution is 2.24. The highest BCUT2D eigenvalue weighted by Gasteiger charge is 2.25. The topological polar surface area (TPSA) is 117 Å². The van der Waals surface area contributed by atoms with Gasteiger partial charge in [0, 0.05) is 17.7 Å². The molecular formula is C23H25ClN4O4. The van der Waals surface area contributed by atoms with Gasteiger partial charge in [-0.25, -0.2) is 0 Å². The van der Waals surface area contributed by atoms with Crippen molar-refractivity contribution in [1.29, 1.82) is 0 Å². The number of aliphatic carboxylic acids is 1. The first-order chi connectivity index (χ1) is 15.5. The molecule has 1 heterocycles. The summed E-state index contributed by atoms with van der Waals surface area (Å²) >= 11 is 6.09. The van der Waals surface area contributed by atoms with Crippen molar-refractivity contribution in [2.75, 3.05) is 13.2 Å². The van der Waals surface area contributed by atoms with Crippen molar-refractivity contribution < 1.29 is 19.4 Å². The molecule has 0 bridgehead atoms. The molecule has 0 spiro atoms. The molecule has 1 amide bonds. The van der Waals surface area contributed by atoms with E-state index < -0.39 is 23.8 Å². The van der Waals surface area contributed by atoms with E-state index in [1.807, 2.05) is 55.5 Å². The summed E-state index contributed by atoms with van der Waals surface area (Å²) in [4.78, 5) is 24.2. The molecule has 0 saturated heterocycles. The average Bonchev–Trinajstić information content (AvgIpc) is 3.32. The number of aromatic nitrogens is 3. The van der Waals surface area contributed by atoms with Crippen LogP contribution in [0.3, 0.4) is 0 Å². The number of carboxylic acids is 1. The predicted octanol–water partition coefficient (Wildman–Crippen LogP) is 3.59. The second-order valence-corrected chi connectivity index (χ2v) is 7.81. The lowest BCUT2D eigenvalue weighted by molar-refractivity contribution is -0.144. The molecule has 168 valence electrons. The van der Waals surface area contributed by atoms with Crippen LogP contribution in [0, 0.1) is 5.92 Å². The second kappa shape index (κ2) is 11.4. The van der Waals surface area contributed by atoms with E-state index in [0.29, 0.717) is 18.1 Å². The van der Waals surface area contributed by atoms with Gasteiger partial charge in [0.15, 0.2) is 5.69 Å². The fourth-order valence-electron chi connectivity index (χ4n) is 3.39. The number of aromatic amines is 1. The summed E-state index contributed by atoms with van der Waals surface area (Å²) in [6.07, 6.45) is 2.06. The normalized spacial score (nSPS) is 12.8. The smallest absolute Gasteiger partial charge is 0.308 e. The van der Waals surface area contributed by atoms with Gasteiger partial charge in [-0.2, -0.15) is 0 Å². The molecule has 2 atom stereocenters. The third kappa shape index (κ3) is 6.63. The zero-order valence-corrected chi connectivity index (χ0v) is 18.4. The van der Waals surface area contributed by atoms with Crippen molar-refractivity contribution in [2.24, 2.45) is 5.92 Å². The van der Waals surface area contributed by atoms with E-state index in [2.05, 4.69) is 20.7 Å². The summed E-state index contributed by atoms with van der Waals surface area (Å²) in [6.45, 7) is 2.31. The molecule has 2 aromatic carbocycles. The molecule has 0 unspecified atom stereocenters. The van der Waals surface area contributed by atoms with Crippen LogP contribution in [0.15, 0.2) is 54.7 Å². The van der Waals surface area contributed by atoms with Crippen molar-refractivity contribution >= 4 is 23.5 Å². The SMILES string of the molecule is CCOC[C@H](C[C@@H](Cc1ccc(-c2cccc(Cl)c2)cc1)NC(=O)c1c[nH]nn1)C(=O)O. The molecule has 0 aliphatic heterocycles. The molecule has 0 fully saturated rings. The van der Waals surface area contributed by atoms with Crippen LogP contribution >= 0.6 is 11.6 Å². The summed E-state index contributed by atoms with van der Waals surface area (Å²) in [6, 6.07) is 15.0. The van der Waals surface area contributed by atoms with E-state index in [4.69, 9.17) is 16.3 Å². The number of carbonyl (C=O) groups is 2. The lowest BCUT2D eigenvalue weighted by Crippen LogP contribution is -2.40. The zero-order valence-electron chi connectivity index (χ0n) is 17.6. The number of carboxylic acid groups (broad SMARTS) is 1. The number of carbonyl (C=O) groups excluding carboxylic acids is 1. The van der Waals surface area contributed by atoms with Crippen LogP contribution < -0.4 is 5.32 Å². The van der Waals surface area contributed by atoms with Gasteiger partial charge in [-0.1, -0.05) is 53.2 Å². The standard InChI is InChI=1S/C23H25ClN4O4/c1-2-32-14-18(23(30)31)12-20(26-22(29)21-13-25-28-27-21)10-15-6-8-16(9-7-15)17-4-3-5-19(24)11-17/h3-9,11,13,18,20H,2,10,12,14H2,1H3,(H,26,29)(H,30,31)(H,25,27,28)/t18-,20+/m0/s1. The average molecular weight is 457 g/mol. The highest BCUT2D eigenvalue weighted by molar-refractivity contribution is 6.30. The Balaban J connectivity index is 1.76. The van der Waals surface area contributed by atoms with E-state index in [-0.39, 0.29) is 18.7 Å². The Hall–Kier alpha value is -3.23. The lowest BCUT2D eigenvalue weighted by Gasteiger charge is -2.22. The number of ether oxygens (including phenoxy) is 1. The van der Waals surface area contributed by atoms with Crippen LogP contribution in [0.25, 0.3) is 11.1 Å². The summed E-state index contributed by atoms with van der Waals surface area (Å²) < 4.78 is 5.33. The number of halogens is 1. The van der Waals surface area contributed by atoms with Crippen molar-refractivity contribution in [3.8, 4) is 11.1 Å². The monoisotopic (exact) mass is 456 g/mol. The number of H-pyrrole nitrogens is 1. The van der Waals surface area contributed by atoms with Gasteiger partial charge in [0.25, 0.3) is 5.91 Å². The Morgan fingerprint density at radius 1 is 1.19 bits per heavy atom. The largest absolute Gasteiger partial charge is 0.481 e. The Morgan fingerprint density at radius 2 is 1.97 bits per heavy atom. The molecular weight excluding hydrogens is 432 g/mol. The van der Waals surface area contributed by atoms with Gasteiger partial charge in [0.2, 0.25) is 0 Å². The van der Waals surface area contributed by atoms with Crippen LogP contribution in [0.1, 0.15) is 29.4 Å². The van der Waals surface area contributed by atoms with Crippen molar-refractivity contribution in [3.05, 3.63) is 71.0 Å². The molecule has 32 heavy (non-hydrogen) atoms.